The van der Waals surface area contributed by atoms with E-state index in [0.717, 1.165) is 93.2 Å². The average Bonchev–Trinajstić information content (AvgIpc) is 3.29. The number of piperidine rings is 1. The van der Waals surface area contributed by atoms with Crippen LogP contribution in [0.3, 0.4) is 0 Å². The Labute approximate surface area is 197 Å². The molecule has 2 fully saturated rings. The molecule has 2 aliphatic heterocycles. The van der Waals surface area contributed by atoms with Crippen LogP contribution in [0.2, 0.25) is 0 Å². The second-order valence-corrected chi connectivity index (χ2v) is 11.5. The summed E-state index contributed by atoms with van der Waals surface area (Å²) in [6.07, 6.45) is 12.0. The second kappa shape index (κ2) is 8.58. The van der Waals surface area contributed by atoms with Gasteiger partial charge in [0.15, 0.2) is 0 Å². The Hall–Kier alpha value is -2.13. The summed E-state index contributed by atoms with van der Waals surface area (Å²) >= 11 is 0. The molecule has 0 bridgehead atoms. The molecule has 2 aliphatic carbocycles. The Morgan fingerprint density at radius 1 is 1.06 bits per heavy atom. The molecule has 1 atom stereocenters. The molecule has 4 aliphatic rings. The summed E-state index contributed by atoms with van der Waals surface area (Å²) < 4.78 is 12.9. The minimum atomic E-state index is -1.09. The molecule has 0 aromatic carbocycles. The third-order valence-corrected chi connectivity index (χ3v) is 9.41. The highest BCUT2D eigenvalue weighted by atomic mass is 32.2. The second-order valence-electron chi connectivity index (χ2n) is 10.0. The van der Waals surface area contributed by atoms with Gasteiger partial charge in [-0.2, -0.15) is 4.98 Å². The van der Waals surface area contributed by atoms with Gasteiger partial charge in [-0.1, -0.05) is 0 Å². The van der Waals surface area contributed by atoms with Gasteiger partial charge in [0.2, 0.25) is 5.95 Å². The number of rotatable bonds is 5. The first-order valence-corrected chi connectivity index (χ1v) is 13.7. The van der Waals surface area contributed by atoms with Gasteiger partial charge in [-0.15, -0.1) is 0 Å². The zero-order valence-corrected chi connectivity index (χ0v) is 19.9. The molecule has 33 heavy (non-hydrogen) atoms. The predicted octanol–water partition coefficient (Wildman–Crippen LogP) is 2.52. The number of aromatic nitrogens is 4. The molecule has 1 saturated heterocycles. The van der Waals surface area contributed by atoms with Gasteiger partial charge in [-0.25, -0.2) is 15.0 Å². The minimum Gasteiger partial charge on any atom is -0.394 e. The highest BCUT2D eigenvalue weighted by Gasteiger charge is 2.39. The van der Waals surface area contributed by atoms with Gasteiger partial charge < -0.3 is 15.3 Å². The fourth-order valence-electron chi connectivity index (χ4n) is 5.63. The normalized spacial score (nSPS) is 24.2. The maximum Gasteiger partial charge on any atom is 0.227 e. The predicted molar refractivity (Wildman–Crippen MR) is 127 cm³/mol. The van der Waals surface area contributed by atoms with Crippen LogP contribution in [0.1, 0.15) is 73.6 Å². The van der Waals surface area contributed by atoms with Gasteiger partial charge >= 0.3 is 0 Å². The number of nitrogens with one attached hydrogen (secondary N) is 1. The van der Waals surface area contributed by atoms with E-state index in [0.29, 0.717) is 17.5 Å². The molecule has 0 amide bonds. The van der Waals surface area contributed by atoms with E-state index >= 15 is 0 Å². The first-order valence-electron chi connectivity index (χ1n) is 12.4. The molecule has 4 heterocycles. The minimum absolute atomic E-state index is 0.0694. The van der Waals surface area contributed by atoms with Gasteiger partial charge in [-0.3, -0.25) is 4.21 Å². The molecule has 0 unspecified atom stereocenters. The summed E-state index contributed by atoms with van der Waals surface area (Å²) in [5.74, 6) is 3.42. The van der Waals surface area contributed by atoms with Gasteiger partial charge in [-0.05, 0) is 69.8 Å². The Kier molecular flexibility index (Phi) is 5.57. The lowest BCUT2D eigenvalue weighted by Crippen LogP contribution is -2.49. The van der Waals surface area contributed by atoms with Crippen molar-refractivity contribution in [2.24, 2.45) is 0 Å². The average molecular weight is 469 g/mol. The molecule has 6 rings (SSSR count). The molecular weight excluding hydrogens is 436 g/mol. The third kappa shape index (κ3) is 3.93. The van der Waals surface area contributed by atoms with Crippen molar-refractivity contribution < 1.29 is 9.32 Å². The number of aliphatic hydroxyl groups is 1. The summed E-state index contributed by atoms with van der Waals surface area (Å²) in [5.41, 5.74) is 3.14. The highest BCUT2D eigenvalue weighted by molar-refractivity contribution is 7.85. The standard InChI is InChI=1S/C24H32N6O2S/c31-15-24(9-3-10-24)29-22-20-19(6-2-13-33(20)32)27-23(28-22)30-11-7-16(8-12-30)21-25-14-17-4-1-5-18(17)26-21/h14,16,31H,1-13,15H2,(H,27,28,29)/t33-/m1/s1. The van der Waals surface area contributed by atoms with Gasteiger partial charge in [0.1, 0.15) is 16.5 Å². The van der Waals surface area contributed by atoms with E-state index in [1.165, 1.54) is 17.7 Å². The van der Waals surface area contributed by atoms with E-state index in [1.54, 1.807) is 0 Å². The molecule has 0 radical (unpaired) electrons. The molecule has 2 N–H and O–H groups in total. The summed E-state index contributed by atoms with van der Waals surface area (Å²) in [4.78, 5) is 22.4. The number of hydrogen-bond donors (Lipinski definition) is 2. The molecule has 2 aromatic heterocycles. The van der Waals surface area contributed by atoms with Crippen LogP contribution in [-0.2, 0) is 30.1 Å². The van der Waals surface area contributed by atoms with Crippen molar-refractivity contribution >= 4 is 22.6 Å². The van der Waals surface area contributed by atoms with Crippen LogP contribution >= 0.6 is 0 Å². The van der Waals surface area contributed by atoms with Crippen molar-refractivity contribution in [2.45, 2.75) is 80.6 Å². The lowest BCUT2D eigenvalue weighted by molar-refractivity contribution is 0.143. The largest absolute Gasteiger partial charge is 0.394 e. The molecule has 176 valence electrons. The zero-order valence-electron chi connectivity index (χ0n) is 19.1. The number of aliphatic hydroxyl groups excluding tert-OH is 1. The van der Waals surface area contributed by atoms with Crippen molar-refractivity contribution in [2.75, 3.05) is 35.7 Å². The summed E-state index contributed by atoms with van der Waals surface area (Å²) in [6, 6.07) is 0. The van der Waals surface area contributed by atoms with Crippen molar-refractivity contribution in [3.63, 3.8) is 0 Å². The monoisotopic (exact) mass is 468 g/mol. The van der Waals surface area contributed by atoms with Gasteiger partial charge in [0, 0.05) is 36.7 Å². The zero-order chi connectivity index (χ0) is 22.4. The van der Waals surface area contributed by atoms with Crippen LogP contribution in [0.4, 0.5) is 11.8 Å². The molecule has 0 spiro atoms. The van der Waals surface area contributed by atoms with Crippen molar-refractivity contribution in [1.82, 2.24) is 19.9 Å². The number of fused-ring (bicyclic) bond motifs is 2. The van der Waals surface area contributed by atoms with Crippen molar-refractivity contribution in [3.05, 3.63) is 29.0 Å². The van der Waals surface area contributed by atoms with E-state index in [4.69, 9.17) is 15.0 Å². The van der Waals surface area contributed by atoms with E-state index in [2.05, 4.69) is 15.2 Å². The molecule has 1 saturated carbocycles. The van der Waals surface area contributed by atoms with Crippen LogP contribution in [0.25, 0.3) is 0 Å². The Balaban J connectivity index is 1.23. The van der Waals surface area contributed by atoms with Crippen molar-refractivity contribution in [3.8, 4) is 0 Å². The Morgan fingerprint density at radius 3 is 2.64 bits per heavy atom. The van der Waals surface area contributed by atoms with Gasteiger partial charge in [0.05, 0.1) is 28.6 Å². The first-order chi connectivity index (χ1) is 16.1. The summed E-state index contributed by atoms with van der Waals surface area (Å²) in [6.45, 7) is 1.79. The first kappa shape index (κ1) is 21.4. The van der Waals surface area contributed by atoms with E-state index < -0.39 is 10.8 Å². The quantitative estimate of drug-likeness (QED) is 0.690. The molecule has 8 nitrogen and oxygen atoms in total. The third-order valence-electron chi connectivity index (χ3n) is 7.87. The van der Waals surface area contributed by atoms with Crippen LogP contribution in [0.5, 0.6) is 0 Å². The number of aryl methyl sites for hydroxylation is 3. The summed E-state index contributed by atoms with van der Waals surface area (Å²) in [7, 11) is -1.09. The van der Waals surface area contributed by atoms with E-state index in [9.17, 15) is 9.32 Å². The van der Waals surface area contributed by atoms with Crippen LogP contribution in [-0.4, -0.2) is 60.2 Å². The maximum absolute atomic E-state index is 12.9. The maximum atomic E-state index is 12.9. The lowest BCUT2D eigenvalue weighted by atomic mass is 9.77. The highest BCUT2D eigenvalue weighted by Crippen LogP contribution is 2.38. The van der Waals surface area contributed by atoms with Crippen LogP contribution < -0.4 is 10.2 Å². The number of nitrogens with zero attached hydrogens (tertiary/aromatic N) is 5. The fraction of sp³-hybridized carbons (Fsp3) is 0.667. The van der Waals surface area contributed by atoms with Crippen molar-refractivity contribution in [1.29, 1.82) is 0 Å². The Bertz CT molecular complexity index is 1080. The summed E-state index contributed by atoms with van der Waals surface area (Å²) in [5, 5.41) is 13.5. The fourth-order valence-corrected chi connectivity index (χ4v) is 6.97. The SMILES string of the molecule is O=[S@@]1CCCc2nc(N3CCC(c4ncc5c(n4)CCC5)CC3)nc(NC3(CO)CCC3)c21. The van der Waals surface area contributed by atoms with Gasteiger partial charge in [0.25, 0.3) is 0 Å². The van der Waals surface area contributed by atoms with E-state index in [1.807, 2.05) is 6.20 Å². The lowest BCUT2D eigenvalue weighted by Gasteiger charge is -2.42. The molecule has 9 heteroatoms. The number of anilines is 2. The molecular formula is C24H32N6O2S. The Morgan fingerprint density at radius 2 is 1.88 bits per heavy atom. The topological polar surface area (TPSA) is 104 Å². The van der Waals surface area contributed by atoms with Crippen LogP contribution in [0.15, 0.2) is 11.1 Å². The van der Waals surface area contributed by atoms with E-state index in [-0.39, 0.29) is 12.1 Å². The number of hydrogen-bond acceptors (Lipinski definition) is 8. The van der Waals surface area contributed by atoms with Crippen LogP contribution in [0, 0.1) is 0 Å². The smallest absolute Gasteiger partial charge is 0.227 e. The molecule has 2 aromatic rings.